The number of aryl methyl sites for hydroxylation is 1. The number of aliphatic hydroxyl groups excluding tert-OH is 1. The Morgan fingerprint density at radius 3 is 2.65 bits per heavy atom. The minimum atomic E-state index is -3.54. The van der Waals surface area contributed by atoms with Crippen LogP contribution >= 0.6 is 11.3 Å². The van der Waals surface area contributed by atoms with Crippen molar-refractivity contribution < 1.29 is 13.5 Å². The standard InChI is InChI=1S/C10H18N2O3S2/c1-4-10(3,5-6-13)12-17(14,15)9-7-11-8(2)16-9/h7,12-13H,4-6H2,1-3H3. The molecule has 0 aromatic carbocycles. The number of thiazole rings is 1. The number of aromatic nitrogens is 1. The van der Waals surface area contributed by atoms with E-state index in [1.807, 2.05) is 6.92 Å². The van der Waals surface area contributed by atoms with E-state index < -0.39 is 15.6 Å². The second-order valence-electron chi connectivity index (χ2n) is 4.19. The number of rotatable bonds is 6. The first-order valence-corrected chi connectivity index (χ1v) is 7.70. The lowest BCUT2D eigenvalue weighted by Crippen LogP contribution is -2.45. The van der Waals surface area contributed by atoms with Gasteiger partial charge in [-0.2, -0.15) is 0 Å². The molecule has 1 rings (SSSR count). The monoisotopic (exact) mass is 278 g/mol. The third-order valence-electron chi connectivity index (χ3n) is 2.69. The Bertz CT molecular complexity index is 470. The number of nitrogens with zero attached hydrogens (tertiary/aromatic N) is 1. The summed E-state index contributed by atoms with van der Waals surface area (Å²) in [5.74, 6) is 0. The van der Waals surface area contributed by atoms with Crippen molar-refractivity contribution in [2.24, 2.45) is 0 Å². The van der Waals surface area contributed by atoms with Gasteiger partial charge in [-0.15, -0.1) is 11.3 Å². The van der Waals surface area contributed by atoms with Crippen LogP contribution in [0, 0.1) is 6.92 Å². The lowest BCUT2D eigenvalue weighted by atomic mass is 9.97. The van der Waals surface area contributed by atoms with Crippen LogP contribution in [0.4, 0.5) is 0 Å². The molecule has 17 heavy (non-hydrogen) atoms. The number of hydrogen-bond donors (Lipinski definition) is 2. The van der Waals surface area contributed by atoms with Crippen LogP contribution in [0.5, 0.6) is 0 Å². The molecule has 2 N–H and O–H groups in total. The van der Waals surface area contributed by atoms with Gasteiger partial charge in [0.15, 0.2) is 4.21 Å². The summed E-state index contributed by atoms with van der Waals surface area (Å²) in [6.45, 7) is 5.38. The fraction of sp³-hybridized carbons (Fsp3) is 0.700. The summed E-state index contributed by atoms with van der Waals surface area (Å²) in [6.07, 6.45) is 2.36. The van der Waals surface area contributed by atoms with Gasteiger partial charge in [0.2, 0.25) is 0 Å². The summed E-state index contributed by atoms with van der Waals surface area (Å²) >= 11 is 1.14. The van der Waals surface area contributed by atoms with Crippen LogP contribution < -0.4 is 4.72 Å². The van der Waals surface area contributed by atoms with Gasteiger partial charge in [0, 0.05) is 12.1 Å². The van der Waals surface area contributed by atoms with E-state index in [1.54, 1.807) is 13.8 Å². The van der Waals surface area contributed by atoms with Crippen molar-refractivity contribution in [1.29, 1.82) is 0 Å². The molecule has 0 aliphatic carbocycles. The zero-order chi connectivity index (χ0) is 13.1. The van der Waals surface area contributed by atoms with Crippen molar-refractivity contribution in [2.45, 2.75) is 43.4 Å². The number of nitrogens with one attached hydrogen (secondary N) is 1. The van der Waals surface area contributed by atoms with Crippen LogP contribution in [0.3, 0.4) is 0 Å². The molecule has 1 aromatic heterocycles. The van der Waals surface area contributed by atoms with Crippen molar-refractivity contribution in [2.75, 3.05) is 6.61 Å². The van der Waals surface area contributed by atoms with E-state index in [0.29, 0.717) is 17.8 Å². The highest BCUT2D eigenvalue weighted by Gasteiger charge is 2.29. The van der Waals surface area contributed by atoms with E-state index in [1.165, 1.54) is 6.20 Å². The molecular weight excluding hydrogens is 260 g/mol. The molecule has 0 bridgehead atoms. The number of hydrogen-bond acceptors (Lipinski definition) is 5. The first-order valence-electron chi connectivity index (χ1n) is 5.40. The maximum Gasteiger partial charge on any atom is 0.252 e. The van der Waals surface area contributed by atoms with Crippen LogP contribution in [0.25, 0.3) is 0 Å². The lowest BCUT2D eigenvalue weighted by molar-refractivity contribution is 0.233. The fourth-order valence-corrected chi connectivity index (χ4v) is 4.00. The predicted molar refractivity (Wildman–Crippen MR) is 67.6 cm³/mol. The average Bonchev–Trinajstić information content (AvgIpc) is 2.65. The minimum absolute atomic E-state index is 0.0470. The summed E-state index contributed by atoms with van der Waals surface area (Å²) in [7, 11) is -3.54. The van der Waals surface area contributed by atoms with Crippen LogP contribution in [-0.4, -0.2) is 30.7 Å². The Hall–Kier alpha value is -0.500. The van der Waals surface area contributed by atoms with E-state index in [-0.39, 0.29) is 10.8 Å². The van der Waals surface area contributed by atoms with Gasteiger partial charge in [0.1, 0.15) is 0 Å². The molecule has 98 valence electrons. The largest absolute Gasteiger partial charge is 0.396 e. The Morgan fingerprint density at radius 2 is 2.24 bits per heavy atom. The number of aliphatic hydroxyl groups is 1. The zero-order valence-electron chi connectivity index (χ0n) is 10.2. The summed E-state index contributed by atoms with van der Waals surface area (Å²) < 4.78 is 27.0. The van der Waals surface area contributed by atoms with Gasteiger partial charge in [-0.25, -0.2) is 18.1 Å². The first-order chi connectivity index (χ1) is 7.83. The summed E-state index contributed by atoms with van der Waals surface area (Å²) in [5, 5.41) is 9.67. The van der Waals surface area contributed by atoms with E-state index in [4.69, 9.17) is 5.11 Å². The van der Waals surface area contributed by atoms with Crippen molar-refractivity contribution in [3.05, 3.63) is 11.2 Å². The molecule has 1 unspecified atom stereocenters. The first kappa shape index (κ1) is 14.6. The van der Waals surface area contributed by atoms with E-state index in [9.17, 15) is 8.42 Å². The van der Waals surface area contributed by atoms with E-state index in [0.717, 1.165) is 11.3 Å². The van der Waals surface area contributed by atoms with Crippen molar-refractivity contribution >= 4 is 21.4 Å². The molecule has 7 heteroatoms. The molecule has 0 saturated heterocycles. The van der Waals surface area contributed by atoms with Gasteiger partial charge in [0.05, 0.1) is 11.2 Å². The third kappa shape index (κ3) is 3.74. The maximum atomic E-state index is 12.1. The Morgan fingerprint density at radius 1 is 1.59 bits per heavy atom. The third-order valence-corrected chi connectivity index (χ3v) is 5.70. The smallest absolute Gasteiger partial charge is 0.252 e. The predicted octanol–water partition coefficient (Wildman–Crippen LogP) is 1.28. The molecule has 0 saturated carbocycles. The average molecular weight is 278 g/mol. The lowest BCUT2D eigenvalue weighted by Gasteiger charge is -2.28. The summed E-state index contributed by atoms with van der Waals surface area (Å²) in [4.78, 5) is 3.93. The van der Waals surface area contributed by atoms with Crippen molar-refractivity contribution in [1.82, 2.24) is 9.71 Å². The summed E-state index contributed by atoms with van der Waals surface area (Å²) in [5.41, 5.74) is -0.620. The molecule has 0 radical (unpaired) electrons. The van der Waals surface area contributed by atoms with E-state index in [2.05, 4.69) is 9.71 Å². The SMILES string of the molecule is CCC(C)(CCO)NS(=O)(=O)c1cnc(C)s1. The van der Waals surface area contributed by atoms with Gasteiger partial charge in [-0.3, -0.25) is 0 Å². The van der Waals surface area contributed by atoms with Crippen LogP contribution in [0.1, 0.15) is 31.7 Å². The van der Waals surface area contributed by atoms with Crippen LogP contribution in [0.2, 0.25) is 0 Å². The fourth-order valence-electron chi connectivity index (χ4n) is 1.39. The zero-order valence-corrected chi connectivity index (χ0v) is 11.9. The maximum absolute atomic E-state index is 12.1. The Kier molecular flexibility index (Phi) is 4.65. The van der Waals surface area contributed by atoms with Crippen molar-refractivity contribution in [3.8, 4) is 0 Å². The highest BCUT2D eigenvalue weighted by atomic mass is 32.2. The molecule has 0 aliphatic rings. The van der Waals surface area contributed by atoms with Gasteiger partial charge in [-0.1, -0.05) is 6.92 Å². The Labute approximate surface area is 106 Å². The highest BCUT2D eigenvalue weighted by molar-refractivity contribution is 7.91. The van der Waals surface area contributed by atoms with Gasteiger partial charge < -0.3 is 5.11 Å². The van der Waals surface area contributed by atoms with Gasteiger partial charge in [0.25, 0.3) is 10.0 Å². The molecule has 0 fully saturated rings. The minimum Gasteiger partial charge on any atom is -0.396 e. The molecule has 1 aromatic rings. The normalized spacial score (nSPS) is 15.8. The van der Waals surface area contributed by atoms with Gasteiger partial charge >= 0.3 is 0 Å². The number of sulfonamides is 1. The van der Waals surface area contributed by atoms with Gasteiger partial charge in [-0.05, 0) is 26.7 Å². The van der Waals surface area contributed by atoms with Crippen LogP contribution in [-0.2, 0) is 10.0 Å². The molecule has 1 heterocycles. The molecule has 0 aliphatic heterocycles. The molecular formula is C10H18N2O3S2. The second kappa shape index (κ2) is 5.43. The molecule has 1 atom stereocenters. The van der Waals surface area contributed by atoms with Crippen LogP contribution in [0.15, 0.2) is 10.4 Å². The van der Waals surface area contributed by atoms with Crippen molar-refractivity contribution in [3.63, 3.8) is 0 Å². The molecule has 5 nitrogen and oxygen atoms in total. The molecule has 0 amide bonds. The molecule has 0 spiro atoms. The summed E-state index contributed by atoms with van der Waals surface area (Å²) in [6, 6.07) is 0. The second-order valence-corrected chi connectivity index (χ2v) is 7.34. The quantitative estimate of drug-likeness (QED) is 0.821. The Balaban J connectivity index is 2.93. The highest BCUT2D eigenvalue weighted by Crippen LogP contribution is 2.22. The topological polar surface area (TPSA) is 79.3 Å². The van der Waals surface area contributed by atoms with E-state index >= 15 is 0 Å².